The summed E-state index contributed by atoms with van der Waals surface area (Å²) in [4.78, 5) is 12.3. The fraction of sp³-hybridized carbons (Fsp3) is 0.235. The molecule has 0 radical (unpaired) electrons. The van der Waals surface area contributed by atoms with Gasteiger partial charge in [0.2, 0.25) is 0 Å². The Labute approximate surface area is 129 Å². The molecule has 0 atom stereocenters. The maximum atomic E-state index is 12.3. The summed E-state index contributed by atoms with van der Waals surface area (Å²) in [5.74, 6) is -0.295. The van der Waals surface area contributed by atoms with Crippen LogP contribution in [0.2, 0.25) is 5.02 Å². The van der Waals surface area contributed by atoms with Gasteiger partial charge in [0.05, 0.1) is 5.02 Å². The molecule has 0 saturated heterocycles. The van der Waals surface area contributed by atoms with Crippen molar-refractivity contribution in [3.05, 3.63) is 58.6 Å². The van der Waals surface area contributed by atoms with Gasteiger partial charge >= 0.3 is 0 Å². The summed E-state index contributed by atoms with van der Waals surface area (Å²) < 4.78 is 0. The van der Waals surface area contributed by atoms with Gasteiger partial charge in [0.1, 0.15) is 5.75 Å². The summed E-state index contributed by atoms with van der Waals surface area (Å²) in [7, 11) is 0. The van der Waals surface area contributed by atoms with Crippen LogP contribution in [0.25, 0.3) is 0 Å². The van der Waals surface area contributed by atoms with E-state index in [1.54, 1.807) is 0 Å². The molecule has 2 rings (SSSR count). The van der Waals surface area contributed by atoms with Crippen LogP contribution < -0.4 is 5.32 Å². The number of benzene rings is 2. The average molecular weight is 304 g/mol. The third-order valence-corrected chi connectivity index (χ3v) is 3.50. The van der Waals surface area contributed by atoms with Crippen molar-refractivity contribution in [3.63, 3.8) is 0 Å². The monoisotopic (exact) mass is 303 g/mol. The van der Waals surface area contributed by atoms with Crippen LogP contribution in [0.4, 0.5) is 5.69 Å². The SMILES string of the molecule is CC(C)(C)c1ccccc1NC(=O)c1ccc(O)c(Cl)c1. The molecule has 2 aromatic rings. The summed E-state index contributed by atoms with van der Waals surface area (Å²) in [5, 5.41) is 12.5. The van der Waals surface area contributed by atoms with Gasteiger partial charge in [-0.25, -0.2) is 0 Å². The van der Waals surface area contributed by atoms with Crippen LogP contribution in [-0.2, 0) is 5.41 Å². The van der Waals surface area contributed by atoms with Gasteiger partial charge < -0.3 is 10.4 Å². The Morgan fingerprint density at radius 2 is 1.81 bits per heavy atom. The van der Waals surface area contributed by atoms with E-state index in [-0.39, 0.29) is 22.1 Å². The first-order valence-electron chi connectivity index (χ1n) is 6.68. The van der Waals surface area contributed by atoms with Gasteiger partial charge in [0, 0.05) is 11.3 Å². The van der Waals surface area contributed by atoms with Gasteiger partial charge in [-0.15, -0.1) is 0 Å². The van der Waals surface area contributed by atoms with Crippen LogP contribution in [0, 0.1) is 0 Å². The molecule has 21 heavy (non-hydrogen) atoms. The Bertz CT molecular complexity index is 675. The quantitative estimate of drug-likeness (QED) is 0.852. The number of phenolic OH excluding ortho intramolecular Hbond substituents is 1. The molecule has 110 valence electrons. The van der Waals surface area contributed by atoms with Crippen LogP contribution >= 0.6 is 11.6 Å². The van der Waals surface area contributed by atoms with Gasteiger partial charge in [-0.1, -0.05) is 50.6 Å². The molecule has 3 nitrogen and oxygen atoms in total. The highest BCUT2D eigenvalue weighted by atomic mass is 35.5. The van der Waals surface area contributed by atoms with Crippen LogP contribution in [0.3, 0.4) is 0 Å². The zero-order valence-corrected chi connectivity index (χ0v) is 13.0. The van der Waals surface area contributed by atoms with E-state index >= 15 is 0 Å². The molecule has 0 spiro atoms. The summed E-state index contributed by atoms with van der Waals surface area (Å²) >= 11 is 5.83. The zero-order chi connectivity index (χ0) is 15.6. The Kier molecular flexibility index (Phi) is 4.24. The number of hydrogen-bond acceptors (Lipinski definition) is 2. The molecule has 0 aliphatic heterocycles. The first kappa shape index (κ1) is 15.4. The highest BCUT2D eigenvalue weighted by Gasteiger charge is 2.19. The summed E-state index contributed by atoms with van der Waals surface area (Å²) in [5.41, 5.74) is 2.17. The number of rotatable bonds is 2. The topological polar surface area (TPSA) is 49.3 Å². The fourth-order valence-corrected chi connectivity index (χ4v) is 2.27. The van der Waals surface area contributed by atoms with Gasteiger partial charge in [0.25, 0.3) is 5.91 Å². The lowest BCUT2D eigenvalue weighted by Crippen LogP contribution is -2.18. The number of amides is 1. The third-order valence-electron chi connectivity index (χ3n) is 3.19. The Hall–Kier alpha value is -2.00. The second-order valence-electron chi connectivity index (χ2n) is 5.92. The van der Waals surface area contributed by atoms with E-state index in [1.165, 1.54) is 18.2 Å². The number of aromatic hydroxyl groups is 1. The van der Waals surface area contributed by atoms with E-state index in [9.17, 15) is 9.90 Å². The van der Waals surface area contributed by atoms with Gasteiger partial charge in [-0.05, 0) is 35.2 Å². The van der Waals surface area contributed by atoms with Gasteiger partial charge in [-0.2, -0.15) is 0 Å². The molecule has 0 unspecified atom stereocenters. The van der Waals surface area contributed by atoms with Crippen LogP contribution in [-0.4, -0.2) is 11.0 Å². The molecule has 0 aliphatic carbocycles. The largest absolute Gasteiger partial charge is 0.506 e. The standard InChI is InChI=1S/C17H18ClNO2/c1-17(2,3)12-6-4-5-7-14(12)19-16(21)11-8-9-15(20)13(18)10-11/h4-10,20H,1-3H3,(H,19,21). The number of hydrogen-bond donors (Lipinski definition) is 2. The third kappa shape index (κ3) is 3.56. The number of halogens is 1. The Morgan fingerprint density at radius 3 is 2.43 bits per heavy atom. The highest BCUT2D eigenvalue weighted by Crippen LogP contribution is 2.30. The summed E-state index contributed by atoms with van der Waals surface area (Å²) in [6, 6.07) is 12.1. The molecule has 0 fully saturated rings. The second-order valence-corrected chi connectivity index (χ2v) is 6.32. The number of nitrogens with one attached hydrogen (secondary N) is 1. The average Bonchev–Trinajstić information content (AvgIpc) is 2.41. The lowest BCUT2D eigenvalue weighted by molar-refractivity contribution is 0.102. The van der Waals surface area contributed by atoms with Crippen LogP contribution in [0.1, 0.15) is 36.7 Å². The van der Waals surface area contributed by atoms with Crippen molar-refractivity contribution >= 4 is 23.2 Å². The number of carbonyl (C=O) groups excluding carboxylic acids is 1. The van der Waals surface area contributed by atoms with Crippen molar-refractivity contribution in [3.8, 4) is 5.75 Å². The van der Waals surface area contributed by atoms with E-state index in [1.807, 2.05) is 24.3 Å². The molecule has 1 amide bonds. The van der Waals surface area contributed by atoms with Crippen molar-refractivity contribution in [1.82, 2.24) is 0 Å². The summed E-state index contributed by atoms with van der Waals surface area (Å²) in [6.45, 7) is 6.28. The molecule has 2 N–H and O–H groups in total. The van der Waals surface area contributed by atoms with Crippen molar-refractivity contribution in [1.29, 1.82) is 0 Å². The minimum absolute atomic E-state index is 0.0386. The fourth-order valence-electron chi connectivity index (χ4n) is 2.09. The first-order chi connectivity index (χ1) is 9.79. The molecular formula is C17H18ClNO2. The maximum absolute atomic E-state index is 12.3. The summed E-state index contributed by atoms with van der Waals surface area (Å²) in [6.07, 6.45) is 0. The predicted octanol–water partition coefficient (Wildman–Crippen LogP) is 4.60. The Balaban J connectivity index is 2.30. The molecule has 0 saturated carbocycles. The van der Waals surface area contributed by atoms with E-state index in [0.29, 0.717) is 5.56 Å². The lowest BCUT2D eigenvalue weighted by Gasteiger charge is -2.23. The molecule has 0 bridgehead atoms. The number of para-hydroxylation sites is 1. The second kappa shape index (κ2) is 5.78. The smallest absolute Gasteiger partial charge is 0.255 e. The molecule has 4 heteroatoms. The molecule has 0 aromatic heterocycles. The minimum atomic E-state index is -0.256. The minimum Gasteiger partial charge on any atom is -0.506 e. The normalized spacial score (nSPS) is 11.2. The van der Waals surface area contributed by atoms with Crippen molar-refractivity contribution < 1.29 is 9.90 Å². The number of phenols is 1. The first-order valence-corrected chi connectivity index (χ1v) is 7.06. The Morgan fingerprint density at radius 1 is 1.14 bits per heavy atom. The van der Waals surface area contributed by atoms with Crippen LogP contribution in [0.15, 0.2) is 42.5 Å². The van der Waals surface area contributed by atoms with Crippen LogP contribution in [0.5, 0.6) is 5.75 Å². The van der Waals surface area contributed by atoms with Crippen molar-refractivity contribution in [2.45, 2.75) is 26.2 Å². The van der Waals surface area contributed by atoms with E-state index in [0.717, 1.165) is 11.3 Å². The zero-order valence-electron chi connectivity index (χ0n) is 12.3. The number of anilines is 1. The number of carbonyl (C=O) groups is 1. The molecular weight excluding hydrogens is 286 g/mol. The van der Waals surface area contributed by atoms with Gasteiger partial charge in [-0.3, -0.25) is 4.79 Å². The van der Waals surface area contributed by atoms with Crippen molar-refractivity contribution in [2.75, 3.05) is 5.32 Å². The van der Waals surface area contributed by atoms with Crippen molar-refractivity contribution in [2.24, 2.45) is 0 Å². The van der Waals surface area contributed by atoms with E-state index in [2.05, 4.69) is 26.1 Å². The van der Waals surface area contributed by atoms with E-state index < -0.39 is 0 Å². The highest BCUT2D eigenvalue weighted by molar-refractivity contribution is 6.32. The molecule has 2 aromatic carbocycles. The lowest BCUT2D eigenvalue weighted by atomic mass is 9.86. The molecule has 0 aliphatic rings. The maximum Gasteiger partial charge on any atom is 0.255 e. The molecule has 0 heterocycles. The predicted molar refractivity (Wildman–Crippen MR) is 86.2 cm³/mol. The van der Waals surface area contributed by atoms with E-state index in [4.69, 9.17) is 11.6 Å². The van der Waals surface area contributed by atoms with Gasteiger partial charge in [0.15, 0.2) is 0 Å².